The zero-order valence-electron chi connectivity index (χ0n) is 10.6. The normalized spacial score (nSPS) is 11.4. The Labute approximate surface area is 113 Å². The number of benzene rings is 1. The number of amides is 2. The van der Waals surface area contributed by atoms with Crippen LogP contribution in [-0.2, 0) is 4.79 Å². The second-order valence-corrected chi connectivity index (χ2v) is 3.87. The van der Waals surface area contributed by atoms with Gasteiger partial charge >= 0.3 is 6.18 Å². The molecule has 0 saturated carbocycles. The molecule has 2 N–H and O–H groups in total. The van der Waals surface area contributed by atoms with Crippen molar-refractivity contribution in [1.29, 1.82) is 0 Å². The fourth-order valence-electron chi connectivity index (χ4n) is 1.31. The van der Waals surface area contributed by atoms with Gasteiger partial charge in [-0.3, -0.25) is 9.59 Å². The molecule has 0 aromatic heterocycles. The molecule has 7 heteroatoms. The van der Waals surface area contributed by atoms with E-state index in [1.54, 1.807) is 29.6 Å². The number of nitrogens with one attached hydrogen (secondary N) is 2. The van der Waals surface area contributed by atoms with Gasteiger partial charge in [0, 0.05) is 18.7 Å². The van der Waals surface area contributed by atoms with E-state index in [1.807, 2.05) is 0 Å². The van der Waals surface area contributed by atoms with Crippen LogP contribution in [0.2, 0.25) is 0 Å². The van der Waals surface area contributed by atoms with Gasteiger partial charge in [0.05, 0.1) is 0 Å². The maximum atomic E-state index is 11.9. The van der Waals surface area contributed by atoms with Crippen molar-refractivity contribution in [2.45, 2.75) is 6.18 Å². The van der Waals surface area contributed by atoms with Gasteiger partial charge in [0.25, 0.3) is 5.91 Å². The Balaban J connectivity index is 2.58. The van der Waals surface area contributed by atoms with Crippen molar-refractivity contribution in [2.75, 3.05) is 13.6 Å². The molecule has 0 aliphatic heterocycles. The second-order valence-electron chi connectivity index (χ2n) is 3.87. The summed E-state index contributed by atoms with van der Waals surface area (Å²) >= 11 is 0. The lowest BCUT2D eigenvalue weighted by molar-refractivity contribution is -0.135. The summed E-state index contributed by atoms with van der Waals surface area (Å²) in [5.74, 6) is -1.08. The van der Waals surface area contributed by atoms with Crippen LogP contribution in [0.1, 0.15) is 15.9 Å². The van der Waals surface area contributed by atoms with Gasteiger partial charge in [0.15, 0.2) is 0 Å². The Morgan fingerprint density at radius 1 is 1.20 bits per heavy atom. The van der Waals surface area contributed by atoms with E-state index in [-0.39, 0.29) is 5.91 Å². The van der Waals surface area contributed by atoms with Gasteiger partial charge in [-0.15, -0.1) is 0 Å². The molecule has 1 rings (SSSR count). The molecule has 4 nitrogen and oxygen atoms in total. The Morgan fingerprint density at radius 2 is 1.80 bits per heavy atom. The molecule has 0 aliphatic carbocycles. The van der Waals surface area contributed by atoms with Crippen LogP contribution in [0.4, 0.5) is 13.2 Å². The Morgan fingerprint density at radius 3 is 2.30 bits per heavy atom. The average molecular weight is 286 g/mol. The summed E-state index contributed by atoms with van der Waals surface area (Å²) in [6.45, 7) is -1.37. The lowest BCUT2D eigenvalue weighted by atomic mass is 10.1. The van der Waals surface area contributed by atoms with Crippen LogP contribution in [0.25, 0.3) is 6.08 Å². The first kappa shape index (κ1) is 15.7. The van der Waals surface area contributed by atoms with Crippen LogP contribution >= 0.6 is 0 Å². The van der Waals surface area contributed by atoms with Gasteiger partial charge in [-0.25, -0.2) is 0 Å². The fraction of sp³-hybridized carbons (Fsp3) is 0.231. The quantitative estimate of drug-likeness (QED) is 0.828. The molecule has 0 saturated heterocycles. The molecule has 1 aromatic carbocycles. The van der Waals surface area contributed by atoms with Crippen molar-refractivity contribution in [2.24, 2.45) is 0 Å². The molecular weight excluding hydrogens is 273 g/mol. The summed E-state index contributed by atoms with van der Waals surface area (Å²) < 4.78 is 35.6. The van der Waals surface area contributed by atoms with Gasteiger partial charge in [0.1, 0.15) is 6.54 Å². The number of rotatable bonds is 4. The molecule has 1 aromatic rings. The number of halogens is 3. The van der Waals surface area contributed by atoms with Crippen molar-refractivity contribution in [1.82, 2.24) is 10.6 Å². The van der Waals surface area contributed by atoms with Crippen molar-refractivity contribution in [3.63, 3.8) is 0 Å². The first-order chi connectivity index (χ1) is 9.31. The molecule has 2 amide bonds. The fourth-order valence-corrected chi connectivity index (χ4v) is 1.31. The average Bonchev–Trinajstić information content (AvgIpc) is 2.41. The predicted molar refractivity (Wildman–Crippen MR) is 67.9 cm³/mol. The van der Waals surface area contributed by atoms with Crippen molar-refractivity contribution < 1.29 is 22.8 Å². The molecule has 0 radical (unpaired) electrons. The van der Waals surface area contributed by atoms with Gasteiger partial charge in [-0.05, 0) is 23.8 Å². The predicted octanol–water partition coefficient (Wildman–Crippen LogP) is 1.74. The monoisotopic (exact) mass is 286 g/mol. The summed E-state index contributed by atoms with van der Waals surface area (Å²) in [6, 6.07) is 6.26. The van der Waals surface area contributed by atoms with Gasteiger partial charge in [-0.1, -0.05) is 12.1 Å². The van der Waals surface area contributed by atoms with E-state index in [4.69, 9.17) is 0 Å². The van der Waals surface area contributed by atoms with Crippen LogP contribution < -0.4 is 10.6 Å². The van der Waals surface area contributed by atoms with E-state index in [0.717, 1.165) is 6.08 Å². The molecule has 0 aliphatic rings. The summed E-state index contributed by atoms with van der Waals surface area (Å²) in [6.07, 6.45) is -2.07. The molecule has 108 valence electrons. The molecule has 0 heterocycles. The maximum Gasteiger partial charge on any atom is 0.405 e. The molecule has 0 fully saturated rings. The van der Waals surface area contributed by atoms with E-state index in [0.29, 0.717) is 11.1 Å². The minimum Gasteiger partial charge on any atom is -0.355 e. The third kappa shape index (κ3) is 5.55. The zero-order valence-corrected chi connectivity index (χ0v) is 10.6. The van der Waals surface area contributed by atoms with Gasteiger partial charge < -0.3 is 10.6 Å². The minimum atomic E-state index is -4.43. The Hall–Kier alpha value is -2.31. The number of carbonyl (C=O) groups is 2. The lowest BCUT2D eigenvalue weighted by Gasteiger charge is -2.05. The van der Waals surface area contributed by atoms with Gasteiger partial charge in [-0.2, -0.15) is 13.2 Å². The van der Waals surface area contributed by atoms with E-state index in [1.165, 1.54) is 13.1 Å². The Kier molecular flexibility index (Phi) is 5.31. The number of carbonyl (C=O) groups excluding carboxylic acids is 2. The highest BCUT2D eigenvalue weighted by atomic mass is 19.4. The minimum absolute atomic E-state index is 0.247. The highest BCUT2D eigenvalue weighted by Crippen LogP contribution is 2.12. The van der Waals surface area contributed by atoms with E-state index < -0.39 is 18.6 Å². The smallest absolute Gasteiger partial charge is 0.355 e. The molecular formula is C13H13F3N2O2. The standard InChI is InChI=1S/C13H13F3N2O2/c1-17-12(20)10-5-2-9(3-6-10)4-7-11(19)18-8-13(14,15)16/h2-7H,8H2,1H3,(H,17,20)(H,18,19)/b7-4+. The van der Waals surface area contributed by atoms with Crippen molar-refractivity contribution >= 4 is 17.9 Å². The molecule has 0 spiro atoms. The Bertz CT molecular complexity index is 507. The third-order valence-electron chi connectivity index (χ3n) is 2.29. The number of alkyl halides is 3. The highest BCUT2D eigenvalue weighted by molar-refractivity contribution is 5.94. The largest absolute Gasteiger partial charge is 0.405 e. The van der Waals surface area contributed by atoms with Crippen LogP contribution in [0.15, 0.2) is 30.3 Å². The summed E-state index contributed by atoms with van der Waals surface area (Å²) in [4.78, 5) is 22.4. The van der Waals surface area contributed by atoms with Crippen LogP contribution in [0, 0.1) is 0 Å². The van der Waals surface area contributed by atoms with Gasteiger partial charge in [0.2, 0.25) is 5.91 Å². The highest BCUT2D eigenvalue weighted by Gasteiger charge is 2.27. The summed E-state index contributed by atoms with van der Waals surface area (Å²) in [7, 11) is 1.50. The van der Waals surface area contributed by atoms with E-state index >= 15 is 0 Å². The molecule has 0 bridgehead atoms. The summed E-state index contributed by atoms with van der Waals surface area (Å²) in [5, 5.41) is 4.17. The SMILES string of the molecule is CNC(=O)c1ccc(/C=C/C(=O)NCC(F)(F)F)cc1. The van der Waals surface area contributed by atoms with Crippen LogP contribution in [0.3, 0.4) is 0 Å². The van der Waals surface area contributed by atoms with Crippen LogP contribution in [-0.4, -0.2) is 31.6 Å². The first-order valence-electron chi connectivity index (χ1n) is 5.66. The van der Waals surface area contributed by atoms with E-state index in [2.05, 4.69) is 5.32 Å². The summed E-state index contributed by atoms with van der Waals surface area (Å²) in [5.41, 5.74) is 1.05. The zero-order chi connectivity index (χ0) is 15.2. The molecule has 0 atom stereocenters. The third-order valence-corrected chi connectivity index (χ3v) is 2.29. The molecule has 0 unspecified atom stereocenters. The molecule has 20 heavy (non-hydrogen) atoms. The number of hydrogen-bond donors (Lipinski definition) is 2. The van der Waals surface area contributed by atoms with Crippen molar-refractivity contribution in [3.05, 3.63) is 41.5 Å². The first-order valence-corrected chi connectivity index (χ1v) is 5.66. The lowest BCUT2D eigenvalue weighted by Crippen LogP contribution is -2.32. The topological polar surface area (TPSA) is 58.2 Å². The second kappa shape index (κ2) is 6.74. The van der Waals surface area contributed by atoms with E-state index in [9.17, 15) is 22.8 Å². The van der Waals surface area contributed by atoms with Crippen LogP contribution in [0.5, 0.6) is 0 Å². The van der Waals surface area contributed by atoms with Crippen molar-refractivity contribution in [3.8, 4) is 0 Å². The number of hydrogen-bond acceptors (Lipinski definition) is 2. The maximum absolute atomic E-state index is 11.9.